The van der Waals surface area contributed by atoms with Crippen LogP contribution in [0.3, 0.4) is 0 Å². The summed E-state index contributed by atoms with van der Waals surface area (Å²) in [6, 6.07) is 4.69. The molecule has 1 aliphatic rings. The van der Waals surface area contributed by atoms with E-state index in [0.29, 0.717) is 23.7 Å². The van der Waals surface area contributed by atoms with E-state index in [4.69, 9.17) is 16.7 Å². The van der Waals surface area contributed by atoms with Crippen LogP contribution in [0.2, 0.25) is 5.02 Å². The molecule has 0 aromatic heterocycles. The molecule has 0 radical (unpaired) electrons. The number of aliphatic carboxylic acids is 1. The number of likely N-dealkylation sites (tertiary alicyclic amines) is 1. The number of anilines is 1. The minimum Gasteiger partial charge on any atom is -0.481 e. The number of carboxylic acid groups (broad SMARTS) is 1. The van der Waals surface area contributed by atoms with Gasteiger partial charge in [-0.1, -0.05) is 11.6 Å². The lowest BCUT2D eigenvalue weighted by Gasteiger charge is -2.23. The van der Waals surface area contributed by atoms with Crippen LogP contribution >= 0.6 is 34.2 Å². The van der Waals surface area contributed by atoms with Crippen molar-refractivity contribution < 1.29 is 14.7 Å². The fourth-order valence-electron chi connectivity index (χ4n) is 2.33. The average Bonchev–Trinajstić information content (AvgIpc) is 2.74. The third kappa shape index (κ3) is 3.17. The second-order valence-corrected chi connectivity index (χ2v) is 6.37. The van der Waals surface area contributed by atoms with Crippen molar-refractivity contribution in [2.24, 2.45) is 5.92 Å². The van der Waals surface area contributed by atoms with Crippen molar-refractivity contribution in [3.05, 3.63) is 26.8 Å². The lowest BCUT2D eigenvalue weighted by atomic mass is 10.0. The second-order valence-electron chi connectivity index (χ2n) is 4.72. The molecule has 2 rings (SSSR count). The van der Waals surface area contributed by atoms with Crippen LogP contribution in [0, 0.1) is 9.49 Å². The van der Waals surface area contributed by atoms with Crippen LogP contribution in [0.1, 0.15) is 13.3 Å². The topological polar surface area (TPSA) is 69.6 Å². The highest BCUT2D eigenvalue weighted by Crippen LogP contribution is 2.27. The van der Waals surface area contributed by atoms with E-state index >= 15 is 0 Å². The third-order valence-corrected chi connectivity index (χ3v) is 4.49. The van der Waals surface area contributed by atoms with Crippen LogP contribution in [0.5, 0.6) is 0 Å². The highest BCUT2D eigenvalue weighted by atomic mass is 127. The van der Waals surface area contributed by atoms with Gasteiger partial charge in [0, 0.05) is 16.2 Å². The molecular formula is C13H14ClIN2O3. The van der Waals surface area contributed by atoms with Gasteiger partial charge in [0.1, 0.15) is 0 Å². The molecule has 1 heterocycles. The van der Waals surface area contributed by atoms with Crippen LogP contribution in [-0.2, 0) is 4.79 Å². The van der Waals surface area contributed by atoms with E-state index in [0.717, 1.165) is 3.57 Å². The van der Waals surface area contributed by atoms with Crippen LogP contribution in [0.25, 0.3) is 0 Å². The zero-order valence-electron chi connectivity index (χ0n) is 10.8. The lowest BCUT2D eigenvalue weighted by molar-refractivity contribution is -0.142. The summed E-state index contributed by atoms with van der Waals surface area (Å²) in [6.45, 7) is 2.19. The maximum absolute atomic E-state index is 12.2. The van der Waals surface area contributed by atoms with Crippen molar-refractivity contribution >= 4 is 51.9 Å². The molecule has 2 N–H and O–H groups in total. The van der Waals surface area contributed by atoms with Gasteiger partial charge < -0.3 is 15.3 Å². The fourth-order valence-corrected chi connectivity index (χ4v) is 3.24. The fraction of sp³-hybridized carbons (Fsp3) is 0.385. The Morgan fingerprint density at radius 2 is 2.20 bits per heavy atom. The van der Waals surface area contributed by atoms with Crippen LogP contribution in [0.4, 0.5) is 10.5 Å². The minimum absolute atomic E-state index is 0.315. The van der Waals surface area contributed by atoms with E-state index in [1.807, 2.05) is 6.07 Å². The van der Waals surface area contributed by atoms with Crippen molar-refractivity contribution in [3.8, 4) is 0 Å². The Kier molecular flexibility index (Phi) is 4.74. The van der Waals surface area contributed by atoms with Gasteiger partial charge in [0.2, 0.25) is 0 Å². The number of amides is 2. The Balaban J connectivity index is 2.07. The Morgan fingerprint density at radius 1 is 1.50 bits per heavy atom. The number of halogens is 2. The molecule has 5 nitrogen and oxygen atoms in total. The predicted molar refractivity (Wildman–Crippen MR) is 85.1 cm³/mol. The average molecular weight is 409 g/mol. The van der Waals surface area contributed by atoms with Gasteiger partial charge in [0.25, 0.3) is 0 Å². The molecule has 20 heavy (non-hydrogen) atoms. The monoisotopic (exact) mass is 408 g/mol. The van der Waals surface area contributed by atoms with E-state index in [-0.39, 0.29) is 12.1 Å². The van der Waals surface area contributed by atoms with Gasteiger partial charge in [-0.2, -0.15) is 0 Å². The molecule has 0 spiro atoms. The molecule has 2 atom stereocenters. The highest BCUT2D eigenvalue weighted by molar-refractivity contribution is 14.1. The smallest absolute Gasteiger partial charge is 0.322 e. The van der Waals surface area contributed by atoms with Gasteiger partial charge in [0.05, 0.1) is 16.6 Å². The Labute approximate surface area is 135 Å². The maximum atomic E-state index is 12.2. The summed E-state index contributed by atoms with van der Waals surface area (Å²) in [4.78, 5) is 24.8. The first-order chi connectivity index (χ1) is 9.40. The van der Waals surface area contributed by atoms with Gasteiger partial charge in [-0.05, 0) is 54.1 Å². The summed E-state index contributed by atoms with van der Waals surface area (Å²) in [5, 5.41) is 12.3. The molecule has 1 saturated heterocycles. The summed E-state index contributed by atoms with van der Waals surface area (Å²) in [5.74, 6) is -1.37. The molecular weight excluding hydrogens is 395 g/mol. The molecule has 1 fully saturated rings. The third-order valence-electron chi connectivity index (χ3n) is 3.51. The summed E-state index contributed by atoms with van der Waals surface area (Å²) in [7, 11) is 0. The zero-order chi connectivity index (χ0) is 14.9. The van der Waals surface area contributed by atoms with E-state index in [9.17, 15) is 9.59 Å². The first kappa shape index (κ1) is 15.4. The van der Waals surface area contributed by atoms with Crippen LogP contribution < -0.4 is 5.32 Å². The first-order valence-electron chi connectivity index (χ1n) is 6.15. The van der Waals surface area contributed by atoms with Gasteiger partial charge in [-0.3, -0.25) is 4.79 Å². The summed E-state index contributed by atoms with van der Waals surface area (Å²) < 4.78 is 0.978. The van der Waals surface area contributed by atoms with E-state index < -0.39 is 11.9 Å². The highest BCUT2D eigenvalue weighted by Gasteiger charge is 2.38. The molecule has 0 aliphatic carbocycles. The van der Waals surface area contributed by atoms with Crippen LogP contribution in [0.15, 0.2) is 18.2 Å². The van der Waals surface area contributed by atoms with E-state index in [1.165, 1.54) is 4.90 Å². The number of carboxylic acids is 1. The number of urea groups is 1. The SMILES string of the molecule is CC1C(C(=O)O)CCN1C(=O)Nc1ccc(I)cc1Cl. The Hall–Kier alpha value is -1.02. The number of nitrogens with zero attached hydrogens (tertiary/aromatic N) is 1. The Morgan fingerprint density at radius 3 is 2.75 bits per heavy atom. The summed E-state index contributed by atoms with van der Waals surface area (Å²) in [6.07, 6.45) is 0.477. The number of carbonyl (C=O) groups is 2. The number of rotatable bonds is 2. The number of hydrogen-bond acceptors (Lipinski definition) is 2. The molecule has 1 aromatic carbocycles. The normalized spacial score (nSPS) is 21.9. The standard InChI is InChI=1S/C13H14ClIN2O3/c1-7-9(12(18)19)4-5-17(7)13(20)16-11-3-2-8(15)6-10(11)14/h2-3,6-7,9H,4-5H2,1H3,(H,16,20)(H,18,19). The molecule has 2 unspecified atom stereocenters. The summed E-state index contributed by atoms with van der Waals surface area (Å²) >= 11 is 8.20. The predicted octanol–water partition coefficient (Wildman–Crippen LogP) is 3.27. The molecule has 1 aromatic rings. The first-order valence-corrected chi connectivity index (χ1v) is 7.61. The maximum Gasteiger partial charge on any atom is 0.322 e. The van der Waals surface area contributed by atoms with Crippen molar-refractivity contribution in [1.29, 1.82) is 0 Å². The van der Waals surface area contributed by atoms with Gasteiger partial charge in [-0.25, -0.2) is 4.79 Å². The number of hydrogen-bond donors (Lipinski definition) is 2. The van der Waals surface area contributed by atoms with Gasteiger partial charge in [-0.15, -0.1) is 0 Å². The quantitative estimate of drug-likeness (QED) is 0.738. The molecule has 108 valence electrons. The minimum atomic E-state index is -0.861. The van der Waals surface area contributed by atoms with Gasteiger partial charge in [0.15, 0.2) is 0 Å². The molecule has 0 bridgehead atoms. The Bertz CT molecular complexity index is 552. The van der Waals surface area contributed by atoms with Crippen molar-refractivity contribution in [1.82, 2.24) is 4.90 Å². The number of carbonyl (C=O) groups excluding carboxylic acids is 1. The molecule has 0 saturated carbocycles. The van der Waals surface area contributed by atoms with Crippen LogP contribution in [-0.4, -0.2) is 34.6 Å². The number of nitrogens with one attached hydrogen (secondary N) is 1. The molecule has 2 amide bonds. The van der Waals surface area contributed by atoms with Crippen molar-refractivity contribution in [2.45, 2.75) is 19.4 Å². The lowest BCUT2D eigenvalue weighted by Crippen LogP contribution is -2.40. The summed E-state index contributed by atoms with van der Waals surface area (Å²) in [5.41, 5.74) is 0.531. The molecule has 1 aliphatic heterocycles. The number of benzene rings is 1. The largest absolute Gasteiger partial charge is 0.481 e. The molecule has 7 heteroatoms. The zero-order valence-corrected chi connectivity index (χ0v) is 13.7. The van der Waals surface area contributed by atoms with E-state index in [1.54, 1.807) is 19.1 Å². The van der Waals surface area contributed by atoms with Crippen molar-refractivity contribution in [3.63, 3.8) is 0 Å². The van der Waals surface area contributed by atoms with E-state index in [2.05, 4.69) is 27.9 Å². The van der Waals surface area contributed by atoms with Crippen molar-refractivity contribution in [2.75, 3.05) is 11.9 Å². The van der Waals surface area contributed by atoms with Gasteiger partial charge >= 0.3 is 12.0 Å². The second kappa shape index (κ2) is 6.17.